The fraction of sp³-hybridized carbons (Fsp3) is 0.176. The van der Waals surface area contributed by atoms with Gasteiger partial charge in [0.2, 0.25) is 0 Å². The fourth-order valence-electron chi connectivity index (χ4n) is 2.65. The second-order valence-corrected chi connectivity index (χ2v) is 4.99. The summed E-state index contributed by atoms with van der Waals surface area (Å²) < 4.78 is 5.12. The van der Waals surface area contributed by atoms with Crippen LogP contribution in [0.25, 0.3) is 0 Å². The van der Waals surface area contributed by atoms with Crippen LogP contribution in [0.2, 0.25) is 0 Å². The summed E-state index contributed by atoms with van der Waals surface area (Å²) in [4.78, 5) is 25.0. The van der Waals surface area contributed by atoms with E-state index < -0.39 is 5.92 Å². The van der Waals surface area contributed by atoms with Crippen LogP contribution in [0.1, 0.15) is 37.8 Å². The lowest BCUT2D eigenvalue weighted by Gasteiger charge is -2.07. The van der Waals surface area contributed by atoms with Gasteiger partial charge in [0, 0.05) is 11.1 Å². The van der Waals surface area contributed by atoms with Gasteiger partial charge in [-0.2, -0.15) is 0 Å². The first-order valence-electron chi connectivity index (χ1n) is 6.45. The molecular weight excluding hydrogens is 252 g/mol. The van der Waals surface area contributed by atoms with E-state index >= 15 is 0 Å². The number of ketones is 2. The van der Waals surface area contributed by atoms with Gasteiger partial charge in [0.05, 0.1) is 7.11 Å². The van der Waals surface area contributed by atoms with E-state index in [1.54, 1.807) is 25.3 Å². The summed E-state index contributed by atoms with van der Waals surface area (Å²) in [6, 6.07) is 12.6. The van der Waals surface area contributed by atoms with Gasteiger partial charge in [-0.15, -0.1) is 0 Å². The minimum absolute atomic E-state index is 0.127. The molecule has 1 atom stereocenters. The van der Waals surface area contributed by atoms with E-state index in [2.05, 4.69) is 0 Å². The van der Waals surface area contributed by atoms with Crippen LogP contribution < -0.4 is 4.74 Å². The van der Waals surface area contributed by atoms with Gasteiger partial charge in [0.1, 0.15) is 11.7 Å². The molecule has 2 aromatic rings. The van der Waals surface area contributed by atoms with Crippen molar-refractivity contribution in [2.75, 3.05) is 7.11 Å². The number of fused-ring (bicyclic) bond motifs is 1. The monoisotopic (exact) mass is 266 g/mol. The van der Waals surface area contributed by atoms with Crippen molar-refractivity contribution in [3.05, 3.63) is 64.7 Å². The molecule has 0 aromatic heterocycles. The third kappa shape index (κ3) is 1.83. The number of benzene rings is 2. The fourth-order valence-corrected chi connectivity index (χ4v) is 2.65. The highest BCUT2D eigenvalue weighted by molar-refractivity contribution is 6.29. The molecule has 0 amide bonds. The maximum atomic E-state index is 12.5. The van der Waals surface area contributed by atoms with E-state index in [9.17, 15) is 9.59 Å². The van der Waals surface area contributed by atoms with Crippen molar-refractivity contribution in [3.63, 3.8) is 0 Å². The molecular formula is C17H14O3. The summed E-state index contributed by atoms with van der Waals surface area (Å²) in [5.74, 6) is -0.389. The van der Waals surface area contributed by atoms with Gasteiger partial charge in [-0.05, 0) is 30.7 Å². The van der Waals surface area contributed by atoms with Gasteiger partial charge in [-0.25, -0.2) is 0 Å². The average molecular weight is 266 g/mol. The first-order valence-corrected chi connectivity index (χ1v) is 6.45. The third-order valence-corrected chi connectivity index (χ3v) is 3.66. The van der Waals surface area contributed by atoms with Gasteiger partial charge < -0.3 is 4.74 Å². The Morgan fingerprint density at radius 1 is 0.950 bits per heavy atom. The zero-order valence-corrected chi connectivity index (χ0v) is 11.3. The van der Waals surface area contributed by atoms with Crippen molar-refractivity contribution in [1.82, 2.24) is 0 Å². The molecule has 0 radical (unpaired) electrons. The maximum absolute atomic E-state index is 12.5. The van der Waals surface area contributed by atoms with Crippen molar-refractivity contribution in [2.45, 2.75) is 12.8 Å². The molecule has 0 aliphatic heterocycles. The Bertz CT molecular complexity index is 716. The van der Waals surface area contributed by atoms with E-state index in [0.717, 1.165) is 11.1 Å². The standard InChI is InChI=1S/C17H14O3/c1-10-4-3-5-11(8-10)15-16(18)13-7-6-12(20-2)9-14(13)17(15)19/h3-9,15H,1-2H3. The zero-order valence-electron chi connectivity index (χ0n) is 11.3. The molecule has 1 aliphatic rings. The van der Waals surface area contributed by atoms with Gasteiger partial charge >= 0.3 is 0 Å². The lowest BCUT2D eigenvalue weighted by atomic mass is 9.93. The number of carbonyl (C=O) groups excluding carboxylic acids is 2. The number of Topliss-reactive ketones (excluding diaryl/α,β-unsaturated/α-hetero) is 2. The van der Waals surface area contributed by atoms with Gasteiger partial charge in [-0.1, -0.05) is 29.8 Å². The molecule has 1 aliphatic carbocycles. The van der Waals surface area contributed by atoms with E-state index in [-0.39, 0.29) is 11.6 Å². The summed E-state index contributed by atoms with van der Waals surface area (Å²) in [6.45, 7) is 1.95. The van der Waals surface area contributed by atoms with Crippen LogP contribution in [0, 0.1) is 6.92 Å². The Kier molecular flexibility index (Phi) is 2.90. The first-order chi connectivity index (χ1) is 9.61. The molecule has 3 rings (SSSR count). The van der Waals surface area contributed by atoms with Gasteiger partial charge in [0.15, 0.2) is 11.6 Å². The Morgan fingerprint density at radius 2 is 1.70 bits per heavy atom. The molecule has 2 aromatic carbocycles. The molecule has 1 unspecified atom stereocenters. The summed E-state index contributed by atoms with van der Waals surface area (Å²) in [5.41, 5.74) is 2.75. The number of methoxy groups -OCH3 is 1. The number of carbonyl (C=O) groups is 2. The molecule has 3 nitrogen and oxygen atoms in total. The second-order valence-electron chi connectivity index (χ2n) is 4.99. The van der Waals surface area contributed by atoms with Crippen LogP contribution in [0.4, 0.5) is 0 Å². The van der Waals surface area contributed by atoms with E-state index in [0.29, 0.717) is 16.9 Å². The Hall–Kier alpha value is -2.42. The minimum atomic E-state index is -0.711. The Morgan fingerprint density at radius 3 is 2.40 bits per heavy atom. The quantitative estimate of drug-likeness (QED) is 0.784. The zero-order chi connectivity index (χ0) is 14.3. The molecule has 100 valence electrons. The molecule has 3 heteroatoms. The summed E-state index contributed by atoms with van der Waals surface area (Å²) in [5, 5.41) is 0. The van der Waals surface area contributed by atoms with Crippen LogP contribution in [0.5, 0.6) is 5.75 Å². The molecule has 0 heterocycles. The minimum Gasteiger partial charge on any atom is -0.497 e. The number of ether oxygens (including phenoxy) is 1. The van der Waals surface area contributed by atoms with Gasteiger partial charge in [0.25, 0.3) is 0 Å². The molecule has 0 spiro atoms. The van der Waals surface area contributed by atoms with Crippen molar-refractivity contribution in [2.24, 2.45) is 0 Å². The van der Waals surface area contributed by atoms with Crippen molar-refractivity contribution < 1.29 is 14.3 Å². The van der Waals surface area contributed by atoms with E-state index in [4.69, 9.17) is 4.74 Å². The topological polar surface area (TPSA) is 43.4 Å². The van der Waals surface area contributed by atoms with Crippen LogP contribution in [0.3, 0.4) is 0 Å². The summed E-state index contributed by atoms with van der Waals surface area (Å²) in [7, 11) is 1.54. The molecule has 0 bridgehead atoms. The molecule has 0 saturated heterocycles. The second kappa shape index (κ2) is 4.60. The average Bonchev–Trinajstić information content (AvgIpc) is 2.70. The normalized spacial score (nSPS) is 17.2. The predicted molar refractivity (Wildman–Crippen MR) is 75.6 cm³/mol. The van der Waals surface area contributed by atoms with Crippen molar-refractivity contribution in [1.29, 1.82) is 0 Å². The van der Waals surface area contributed by atoms with Crippen molar-refractivity contribution in [3.8, 4) is 5.75 Å². The first kappa shape index (κ1) is 12.6. The largest absolute Gasteiger partial charge is 0.497 e. The SMILES string of the molecule is COc1ccc2c(c1)C(=O)C(c1cccc(C)c1)C2=O. The van der Waals surface area contributed by atoms with E-state index in [1.165, 1.54) is 0 Å². The lowest BCUT2D eigenvalue weighted by Crippen LogP contribution is -2.12. The lowest BCUT2D eigenvalue weighted by molar-refractivity contribution is 0.0890. The highest BCUT2D eigenvalue weighted by Gasteiger charge is 2.39. The summed E-state index contributed by atoms with van der Waals surface area (Å²) >= 11 is 0. The molecule has 20 heavy (non-hydrogen) atoms. The predicted octanol–water partition coefficient (Wildman–Crippen LogP) is 3.17. The van der Waals surface area contributed by atoms with Crippen molar-refractivity contribution >= 4 is 11.6 Å². The van der Waals surface area contributed by atoms with Gasteiger partial charge in [-0.3, -0.25) is 9.59 Å². The third-order valence-electron chi connectivity index (χ3n) is 3.66. The van der Waals surface area contributed by atoms with Crippen LogP contribution in [-0.2, 0) is 0 Å². The Balaban J connectivity index is 2.09. The number of hydrogen-bond donors (Lipinski definition) is 0. The number of aryl methyl sites for hydroxylation is 1. The highest BCUT2D eigenvalue weighted by Crippen LogP contribution is 2.35. The Labute approximate surface area is 117 Å². The maximum Gasteiger partial charge on any atom is 0.178 e. The molecule has 0 saturated carbocycles. The van der Waals surface area contributed by atoms with E-state index in [1.807, 2.05) is 31.2 Å². The molecule has 0 fully saturated rings. The number of rotatable bonds is 2. The smallest absolute Gasteiger partial charge is 0.178 e. The highest BCUT2D eigenvalue weighted by atomic mass is 16.5. The van der Waals surface area contributed by atoms with Crippen LogP contribution >= 0.6 is 0 Å². The van der Waals surface area contributed by atoms with Crippen LogP contribution in [-0.4, -0.2) is 18.7 Å². The molecule has 0 N–H and O–H groups in total. The number of hydrogen-bond acceptors (Lipinski definition) is 3. The van der Waals surface area contributed by atoms with Crippen LogP contribution in [0.15, 0.2) is 42.5 Å². The summed E-state index contributed by atoms with van der Waals surface area (Å²) in [6.07, 6.45) is 0.